The van der Waals surface area contributed by atoms with Gasteiger partial charge in [-0.2, -0.15) is 0 Å². The third kappa shape index (κ3) is 3.50. The highest BCUT2D eigenvalue weighted by Gasteiger charge is 2.13. The van der Waals surface area contributed by atoms with E-state index in [-0.39, 0.29) is 0 Å². The van der Waals surface area contributed by atoms with Gasteiger partial charge in [0.15, 0.2) is 0 Å². The van der Waals surface area contributed by atoms with Crippen LogP contribution in [0.5, 0.6) is 0 Å². The molecule has 108 valence electrons. The van der Waals surface area contributed by atoms with Crippen molar-refractivity contribution in [3.05, 3.63) is 34.5 Å². The van der Waals surface area contributed by atoms with Crippen LogP contribution in [0.2, 0.25) is 0 Å². The Morgan fingerprint density at radius 3 is 2.80 bits per heavy atom. The topological polar surface area (TPSA) is 54.2 Å². The first-order valence-corrected chi connectivity index (χ1v) is 7.42. The third-order valence-electron chi connectivity index (χ3n) is 2.86. The van der Waals surface area contributed by atoms with Gasteiger partial charge in [-0.3, -0.25) is 0 Å². The van der Waals surface area contributed by atoms with Crippen molar-refractivity contribution in [1.29, 1.82) is 0 Å². The van der Waals surface area contributed by atoms with Gasteiger partial charge in [-0.15, -0.1) is 0 Å². The fourth-order valence-corrected chi connectivity index (χ4v) is 2.52. The maximum atomic E-state index is 5.59. The molecule has 0 bridgehead atoms. The van der Waals surface area contributed by atoms with E-state index in [1.54, 1.807) is 6.33 Å². The molecule has 2 aromatic heterocycles. The lowest BCUT2D eigenvalue weighted by atomic mass is 10.4. The highest BCUT2D eigenvalue weighted by molar-refractivity contribution is 9.10. The Kier molecular flexibility index (Phi) is 5.00. The summed E-state index contributed by atoms with van der Waals surface area (Å²) in [5.74, 6) is 3.49. The maximum Gasteiger partial charge on any atom is 0.148 e. The summed E-state index contributed by atoms with van der Waals surface area (Å²) in [5.41, 5.74) is 0. The second-order valence-corrected chi connectivity index (χ2v) is 5.45. The van der Waals surface area contributed by atoms with Crippen LogP contribution in [0, 0.1) is 6.92 Å². The molecule has 2 heterocycles. The summed E-state index contributed by atoms with van der Waals surface area (Å²) in [6.45, 7) is 5.61. The van der Waals surface area contributed by atoms with Crippen molar-refractivity contribution in [1.82, 2.24) is 9.97 Å². The van der Waals surface area contributed by atoms with Crippen LogP contribution < -0.4 is 10.2 Å². The van der Waals surface area contributed by atoms with Gasteiger partial charge in [0.1, 0.15) is 34.0 Å². The van der Waals surface area contributed by atoms with Crippen LogP contribution in [0.3, 0.4) is 0 Å². The van der Waals surface area contributed by atoms with E-state index < -0.39 is 0 Å². The van der Waals surface area contributed by atoms with Crippen LogP contribution >= 0.6 is 15.9 Å². The smallest absolute Gasteiger partial charge is 0.148 e. The van der Waals surface area contributed by atoms with Crippen molar-refractivity contribution in [2.24, 2.45) is 0 Å². The summed E-state index contributed by atoms with van der Waals surface area (Å²) in [6, 6.07) is 3.95. The van der Waals surface area contributed by atoms with Crippen LogP contribution in [0.4, 0.5) is 11.6 Å². The largest absolute Gasteiger partial charge is 0.464 e. The Morgan fingerprint density at radius 1 is 1.35 bits per heavy atom. The molecule has 0 aliphatic carbocycles. The van der Waals surface area contributed by atoms with Gasteiger partial charge in [0.05, 0.1) is 6.54 Å². The van der Waals surface area contributed by atoms with Gasteiger partial charge in [-0.25, -0.2) is 9.97 Å². The molecule has 0 aromatic carbocycles. The first kappa shape index (κ1) is 14.8. The number of aromatic nitrogens is 2. The molecule has 0 spiro atoms. The minimum atomic E-state index is 0.663. The van der Waals surface area contributed by atoms with Crippen molar-refractivity contribution in [3.8, 4) is 0 Å². The lowest BCUT2D eigenvalue weighted by molar-refractivity contribution is 0.481. The van der Waals surface area contributed by atoms with E-state index in [2.05, 4.69) is 38.1 Å². The monoisotopic (exact) mass is 338 g/mol. The third-order valence-corrected chi connectivity index (χ3v) is 3.59. The van der Waals surface area contributed by atoms with Crippen molar-refractivity contribution in [3.63, 3.8) is 0 Å². The second kappa shape index (κ2) is 6.74. The van der Waals surface area contributed by atoms with E-state index in [9.17, 15) is 0 Å². The highest BCUT2D eigenvalue weighted by Crippen LogP contribution is 2.29. The van der Waals surface area contributed by atoms with Gasteiger partial charge in [-0.05, 0) is 41.4 Å². The molecule has 0 amide bonds. The minimum Gasteiger partial charge on any atom is -0.464 e. The lowest BCUT2D eigenvalue weighted by Gasteiger charge is -2.19. The maximum absolute atomic E-state index is 5.59. The quantitative estimate of drug-likeness (QED) is 0.871. The van der Waals surface area contributed by atoms with Gasteiger partial charge in [0.25, 0.3) is 0 Å². The molecule has 0 aliphatic rings. The number of nitrogens with zero attached hydrogens (tertiary/aromatic N) is 3. The molecular formula is C14H19BrN4O. The molecule has 6 heteroatoms. The number of hydrogen-bond acceptors (Lipinski definition) is 5. The predicted molar refractivity (Wildman–Crippen MR) is 84.1 cm³/mol. The van der Waals surface area contributed by atoms with Crippen LogP contribution in [0.15, 0.2) is 27.3 Å². The number of anilines is 2. The molecule has 2 rings (SSSR count). The summed E-state index contributed by atoms with van der Waals surface area (Å²) in [6.07, 6.45) is 2.62. The summed E-state index contributed by atoms with van der Waals surface area (Å²) >= 11 is 3.57. The molecule has 0 radical (unpaired) electrons. The van der Waals surface area contributed by atoms with Gasteiger partial charge in [-0.1, -0.05) is 6.92 Å². The lowest BCUT2D eigenvalue weighted by Crippen LogP contribution is -2.19. The zero-order chi connectivity index (χ0) is 14.5. The molecule has 5 nitrogen and oxygen atoms in total. The predicted octanol–water partition coefficient (Wildman–Crippen LogP) is 3.60. The van der Waals surface area contributed by atoms with Crippen molar-refractivity contribution in [2.75, 3.05) is 23.8 Å². The molecule has 0 saturated heterocycles. The van der Waals surface area contributed by atoms with Crippen molar-refractivity contribution >= 4 is 27.6 Å². The van der Waals surface area contributed by atoms with E-state index in [0.29, 0.717) is 6.54 Å². The Bertz CT molecular complexity index is 570. The first-order valence-electron chi connectivity index (χ1n) is 6.62. The number of hydrogen-bond donors (Lipinski definition) is 1. The normalized spacial score (nSPS) is 10.6. The average Bonchev–Trinajstić information content (AvgIpc) is 2.83. The van der Waals surface area contributed by atoms with Gasteiger partial charge < -0.3 is 14.6 Å². The Balaban J connectivity index is 2.14. The van der Waals surface area contributed by atoms with E-state index >= 15 is 0 Å². The molecule has 0 fully saturated rings. The van der Waals surface area contributed by atoms with E-state index in [0.717, 1.165) is 40.6 Å². The van der Waals surface area contributed by atoms with Crippen molar-refractivity contribution in [2.45, 2.75) is 26.8 Å². The first-order chi connectivity index (χ1) is 9.61. The Hall–Kier alpha value is -1.56. The van der Waals surface area contributed by atoms with E-state index in [4.69, 9.17) is 4.42 Å². The summed E-state index contributed by atoms with van der Waals surface area (Å²) in [5, 5.41) is 3.28. The molecule has 0 aliphatic heterocycles. The average molecular weight is 339 g/mol. The molecule has 20 heavy (non-hydrogen) atoms. The molecule has 0 atom stereocenters. The summed E-state index contributed by atoms with van der Waals surface area (Å²) in [7, 11) is 1.98. The van der Waals surface area contributed by atoms with Crippen LogP contribution in [0.1, 0.15) is 24.9 Å². The summed E-state index contributed by atoms with van der Waals surface area (Å²) < 4.78 is 6.47. The molecule has 2 aromatic rings. The SMILES string of the molecule is CCCNc1ncnc(N(C)Cc2ccc(C)o2)c1Br. The molecule has 1 N–H and O–H groups in total. The second-order valence-electron chi connectivity index (χ2n) is 4.66. The number of furan rings is 1. The molecule has 0 saturated carbocycles. The Morgan fingerprint density at radius 2 is 2.15 bits per heavy atom. The number of nitrogens with one attached hydrogen (secondary N) is 1. The standard InChI is InChI=1S/C14H19BrN4O/c1-4-7-16-13-12(15)14(18-9-17-13)19(3)8-11-6-5-10(2)20-11/h5-6,9H,4,7-8H2,1-3H3,(H,16,17,18). The molecule has 0 unspecified atom stereocenters. The van der Waals surface area contributed by atoms with Gasteiger partial charge in [0, 0.05) is 13.6 Å². The number of aryl methyl sites for hydroxylation is 1. The van der Waals surface area contributed by atoms with E-state index in [1.807, 2.05) is 31.0 Å². The molecular weight excluding hydrogens is 320 g/mol. The summed E-state index contributed by atoms with van der Waals surface area (Å²) in [4.78, 5) is 10.6. The van der Waals surface area contributed by atoms with Gasteiger partial charge in [0.2, 0.25) is 0 Å². The van der Waals surface area contributed by atoms with Crippen molar-refractivity contribution < 1.29 is 4.42 Å². The fraction of sp³-hybridized carbons (Fsp3) is 0.429. The fourth-order valence-electron chi connectivity index (χ4n) is 1.87. The zero-order valence-electron chi connectivity index (χ0n) is 12.0. The van der Waals surface area contributed by atoms with Crippen LogP contribution in [0.25, 0.3) is 0 Å². The highest BCUT2D eigenvalue weighted by atomic mass is 79.9. The van der Waals surface area contributed by atoms with Gasteiger partial charge >= 0.3 is 0 Å². The zero-order valence-corrected chi connectivity index (χ0v) is 13.6. The number of rotatable bonds is 6. The van der Waals surface area contributed by atoms with E-state index in [1.165, 1.54) is 0 Å². The Labute approximate surface area is 127 Å². The minimum absolute atomic E-state index is 0.663. The number of halogens is 1. The van der Waals surface area contributed by atoms with Crippen LogP contribution in [-0.2, 0) is 6.54 Å². The van der Waals surface area contributed by atoms with Crippen LogP contribution in [-0.4, -0.2) is 23.6 Å².